The highest BCUT2D eigenvalue weighted by molar-refractivity contribution is 6.30. The molecule has 0 spiro atoms. The number of carbonyl (C=O) groups is 2. The van der Waals surface area contributed by atoms with Crippen LogP contribution in [0.25, 0.3) is 0 Å². The number of ether oxygens (including phenoxy) is 1. The minimum atomic E-state index is -0.358. The molecule has 3 aromatic carbocycles. The van der Waals surface area contributed by atoms with Gasteiger partial charge in [-0.3, -0.25) is 9.59 Å². The van der Waals surface area contributed by atoms with Crippen LogP contribution in [0.15, 0.2) is 78.9 Å². The number of hydrogen-bond acceptors (Lipinski definition) is 3. The second-order valence-corrected chi connectivity index (χ2v) is 6.66. The van der Waals surface area contributed by atoms with Gasteiger partial charge in [0.15, 0.2) is 6.61 Å². The van der Waals surface area contributed by atoms with Crippen molar-refractivity contribution in [3.8, 4) is 5.75 Å². The molecule has 1 N–H and O–H groups in total. The van der Waals surface area contributed by atoms with Gasteiger partial charge in [0.05, 0.1) is 11.3 Å². The van der Waals surface area contributed by atoms with E-state index in [-0.39, 0.29) is 18.4 Å². The highest BCUT2D eigenvalue weighted by Gasteiger charge is 2.20. The molecular formula is C23H21ClN2O3. The molecule has 0 unspecified atom stereocenters. The summed E-state index contributed by atoms with van der Waals surface area (Å²) in [6.07, 6.45) is 0. The highest BCUT2D eigenvalue weighted by atomic mass is 35.5. The van der Waals surface area contributed by atoms with E-state index in [2.05, 4.69) is 5.32 Å². The Morgan fingerprint density at radius 3 is 2.28 bits per heavy atom. The fourth-order valence-electron chi connectivity index (χ4n) is 2.84. The number of nitrogens with zero attached hydrogens (tertiary/aromatic N) is 1. The number of para-hydroxylation sites is 2. The molecule has 0 radical (unpaired) electrons. The molecule has 0 atom stereocenters. The molecule has 3 aromatic rings. The highest BCUT2D eigenvalue weighted by Crippen LogP contribution is 2.22. The molecule has 2 amide bonds. The van der Waals surface area contributed by atoms with Crippen molar-refractivity contribution in [2.75, 3.05) is 23.4 Å². The molecule has 0 aliphatic rings. The van der Waals surface area contributed by atoms with Crippen molar-refractivity contribution in [3.05, 3.63) is 89.4 Å². The second-order valence-electron chi connectivity index (χ2n) is 6.22. The van der Waals surface area contributed by atoms with Crippen LogP contribution in [-0.2, 0) is 4.79 Å². The summed E-state index contributed by atoms with van der Waals surface area (Å²) in [5.74, 6) is -0.00803. The van der Waals surface area contributed by atoms with Crippen LogP contribution in [0.5, 0.6) is 5.75 Å². The van der Waals surface area contributed by atoms with Crippen molar-refractivity contribution in [1.29, 1.82) is 0 Å². The van der Waals surface area contributed by atoms with Gasteiger partial charge in [0.2, 0.25) is 0 Å². The third-order valence-electron chi connectivity index (χ3n) is 4.24. The van der Waals surface area contributed by atoms with E-state index in [1.165, 1.54) is 0 Å². The molecule has 0 saturated carbocycles. The average molecular weight is 409 g/mol. The molecule has 0 heterocycles. The van der Waals surface area contributed by atoms with Crippen molar-refractivity contribution < 1.29 is 14.3 Å². The summed E-state index contributed by atoms with van der Waals surface area (Å²) in [6, 6.07) is 23.1. The monoisotopic (exact) mass is 408 g/mol. The molecule has 0 bridgehead atoms. The molecule has 148 valence electrons. The standard InChI is InChI=1S/C23H21ClN2O3/c1-2-26(18-8-4-3-5-9-18)23(28)20-10-6-7-11-21(20)25-22(27)16-29-19-14-12-17(24)13-15-19/h3-15H,2,16H2,1H3,(H,25,27). The first kappa shape index (κ1) is 20.4. The minimum absolute atomic E-state index is 0.180. The number of benzene rings is 3. The Hall–Kier alpha value is -3.31. The third-order valence-corrected chi connectivity index (χ3v) is 4.50. The number of nitrogens with one attached hydrogen (secondary N) is 1. The Bertz CT molecular complexity index is 975. The molecular weight excluding hydrogens is 388 g/mol. The van der Waals surface area contributed by atoms with Crippen molar-refractivity contribution >= 4 is 34.8 Å². The lowest BCUT2D eigenvalue weighted by atomic mass is 10.1. The Kier molecular flexibility index (Phi) is 6.87. The summed E-state index contributed by atoms with van der Waals surface area (Å²) in [5.41, 5.74) is 1.65. The summed E-state index contributed by atoms with van der Waals surface area (Å²) in [7, 11) is 0. The van der Waals surface area contributed by atoms with Crippen molar-refractivity contribution in [2.45, 2.75) is 6.92 Å². The fourth-order valence-corrected chi connectivity index (χ4v) is 2.97. The average Bonchev–Trinajstić information content (AvgIpc) is 2.75. The maximum absolute atomic E-state index is 13.1. The molecule has 3 rings (SSSR count). The van der Waals surface area contributed by atoms with Gasteiger partial charge in [-0.25, -0.2) is 0 Å². The Balaban J connectivity index is 1.71. The van der Waals surface area contributed by atoms with Gasteiger partial charge in [-0.2, -0.15) is 0 Å². The summed E-state index contributed by atoms with van der Waals surface area (Å²) >= 11 is 5.84. The van der Waals surface area contributed by atoms with E-state index in [0.29, 0.717) is 28.6 Å². The molecule has 0 saturated heterocycles. The van der Waals surface area contributed by atoms with Gasteiger partial charge in [-0.1, -0.05) is 41.9 Å². The zero-order valence-electron chi connectivity index (χ0n) is 16.0. The lowest BCUT2D eigenvalue weighted by Gasteiger charge is -2.22. The van der Waals surface area contributed by atoms with Crippen LogP contribution < -0.4 is 15.0 Å². The molecule has 6 heteroatoms. The lowest BCUT2D eigenvalue weighted by molar-refractivity contribution is -0.118. The fraction of sp³-hybridized carbons (Fsp3) is 0.130. The van der Waals surface area contributed by atoms with E-state index in [0.717, 1.165) is 5.69 Å². The van der Waals surface area contributed by atoms with Gasteiger partial charge >= 0.3 is 0 Å². The topological polar surface area (TPSA) is 58.6 Å². The maximum Gasteiger partial charge on any atom is 0.262 e. The summed E-state index contributed by atoms with van der Waals surface area (Å²) in [6.45, 7) is 2.23. The Labute approximate surface area is 174 Å². The minimum Gasteiger partial charge on any atom is -0.484 e. The number of hydrogen-bond donors (Lipinski definition) is 1. The molecule has 5 nitrogen and oxygen atoms in total. The largest absolute Gasteiger partial charge is 0.484 e. The normalized spacial score (nSPS) is 10.3. The maximum atomic E-state index is 13.1. The quantitative estimate of drug-likeness (QED) is 0.596. The number of rotatable bonds is 7. The van der Waals surface area contributed by atoms with E-state index < -0.39 is 0 Å². The van der Waals surface area contributed by atoms with Gasteiger partial charge in [0.1, 0.15) is 5.75 Å². The van der Waals surface area contributed by atoms with E-state index >= 15 is 0 Å². The first-order valence-electron chi connectivity index (χ1n) is 9.22. The summed E-state index contributed by atoms with van der Waals surface area (Å²) in [5, 5.41) is 3.36. The van der Waals surface area contributed by atoms with Gasteiger partial charge in [-0.15, -0.1) is 0 Å². The van der Waals surface area contributed by atoms with Crippen LogP contribution in [0.3, 0.4) is 0 Å². The predicted octanol–water partition coefficient (Wildman–Crippen LogP) is 5.02. The van der Waals surface area contributed by atoms with E-state index in [9.17, 15) is 9.59 Å². The lowest BCUT2D eigenvalue weighted by Crippen LogP contribution is -2.32. The predicted molar refractivity (Wildman–Crippen MR) is 116 cm³/mol. The molecule has 0 fully saturated rings. The van der Waals surface area contributed by atoms with E-state index in [4.69, 9.17) is 16.3 Å². The van der Waals surface area contributed by atoms with Crippen molar-refractivity contribution in [1.82, 2.24) is 0 Å². The molecule has 29 heavy (non-hydrogen) atoms. The van der Waals surface area contributed by atoms with Gasteiger partial charge in [0.25, 0.3) is 11.8 Å². The second kappa shape index (κ2) is 9.75. The molecule has 0 aliphatic carbocycles. The molecule has 0 aromatic heterocycles. The van der Waals surface area contributed by atoms with Crippen LogP contribution >= 0.6 is 11.6 Å². The first-order chi connectivity index (χ1) is 14.1. The van der Waals surface area contributed by atoms with Gasteiger partial charge < -0.3 is 15.0 Å². The van der Waals surface area contributed by atoms with Gasteiger partial charge in [-0.05, 0) is 55.5 Å². The van der Waals surface area contributed by atoms with Crippen LogP contribution in [0.1, 0.15) is 17.3 Å². The SMILES string of the molecule is CCN(C(=O)c1ccccc1NC(=O)COc1ccc(Cl)cc1)c1ccccc1. The van der Waals surface area contributed by atoms with E-state index in [1.807, 2.05) is 37.3 Å². The van der Waals surface area contributed by atoms with Crippen LogP contribution in [0, 0.1) is 0 Å². The van der Waals surface area contributed by atoms with Crippen LogP contribution in [0.2, 0.25) is 5.02 Å². The van der Waals surface area contributed by atoms with E-state index in [1.54, 1.807) is 53.4 Å². The zero-order chi connectivity index (χ0) is 20.6. The summed E-state index contributed by atoms with van der Waals surface area (Å²) < 4.78 is 5.47. The van der Waals surface area contributed by atoms with Gasteiger partial charge in [0, 0.05) is 17.3 Å². The zero-order valence-corrected chi connectivity index (χ0v) is 16.7. The number of anilines is 2. The molecule has 0 aliphatic heterocycles. The van der Waals surface area contributed by atoms with Crippen LogP contribution in [-0.4, -0.2) is 25.0 Å². The van der Waals surface area contributed by atoms with Crippen molar-refractivity contribution in [3.63, 3.8) is 0 Å². The number of carbonyl (C=O) groups excluding carboxylic acids is 2. The van der Waals surface area contributed by atoms with Crippen LogP contribution in [0.4, 0.5) is 11.4 Å². The Morgan fingerprint density at radius 2 is 1.59 bits per heavy atom. The first-order valence-corrected chi connectivity index (χ1v) is 9.60. The van der Waals surface area contributed by atoms with Crippen molar-refractivity contribution in [2.24, 2.45) is 0 Å². The number of amides is 2. The number of halogens is 1. The third kappa shape index (κ3) is 5.36. The Morgan fingerprint density at radius 1 is 0.931 bits per heavy atom. The summed E-state index contributed by atoms with van der Waals surface area (Å²) in [4.78, 5) is 27.1. The smallest absolute Gasteiger partial charge is 0.262 e.